The zero-order chi connectivity index (χ0) is 17.5. The standard InChI is InChI=1S/C11H13NO4.C7H6N2/c1-14-9-4-2-3-5-10(9)15-7-8-6-12-11(13)16-8;1-2-4-7-6(3-1)5-8-9-7/h2-5,8H,6-7H2,1H3,(H,12,13);1-5H,(H,8,9). The van der Waals surface area contributed by atoms with Crippen molar-refractivity contribution in [2.24, 2.45) is 0 Å². The summed E-state index contributed by atoms with van der Waals surface area (Å²) in [7, 11) is 1.58. The predicted octanol–water partition coefficient (Wildman–Crippen LogP) is 2.75. The third-order valence-electron chi connectivity index (χ3n) is 3.59. The molecule has 4 rings (SSSR count). The number of carbonyl (C=O) groups excluding carboxylic acids is 1. The fourth-order valence-corrected chi connectivity index (χ4v) is 2.33. The van der Waals surface area contributed by atoms with Crippen LogP contribution >= 0.6 is 0 Å². The van der Waals surface area contributed by atoms with E-state index in [2.05, 4.69) is 15.5 Å². The minimum Gasteiger partial charge on any atom is -0.493 e. The molecule has 0 saturated carbocycles. The number of para-hydroxylation sites is 3. The first-order chi connectivity index (χ1) is 12.3. The van der Waals surface area contributed by atoms with E-state index in [1.54, 1.807) is 7.11 Å². The molecule has 130 valence electrons. The van der Waals surface area contributed by atoms with E-state index in [1.807, 2.05) is 54.7 Å². The molecular formula is C18H19N3O4. The van der Waals surface area contributed by atoms with Gasteiger partial charge in [0.15, 0.2) is 17.6 Å². The van der Waals surface area contributed by atoms with Gasteiger partial charge >= 0.3 is 6.09 Å². The van der Waals surface area contributed by atoms with Crippen LogP contribution in [0.4, 0.5) is 4.79 Å². The average Bonchev–Trinajstić information content (AvgIpc) is 3.29. The van der Waals surface area contributed by atoms with Crippen LogP contribution in [0.15, 0.2) is 54.7 Å². The molecule has 1 fully saturated rings. The topological polar surface area (TPSA) is 85.5 Å². The molecule has 7 nitrogen and oxygen atoms in total. The molecule has 0 aliphatic carbocycles. The Kier molecular flexibility index (Phi) is 5.36. The number of aromatic nitrogens is 2. The average molecular weight is 341 g/mol. The first kappa shape index (κ1) is 16.6. The van der Waals surface area contributed by atoms with E-state index in [0.717, 1.165) is 10.9 Å². The number of H-pyrrole nitrogens is 1. The second-order valence-electron chi connectivity index (χ2n) is 5.33. The zero-order valence-corrected chi connectivity index (χ0v) is 13.8. The number of carbonyl (C=O) groups is 1. The number of hydrogen-bond donors (Lipinski definition) is 2. The second kappa shape index (κ2) is 8.05. The quantitative estimate of drug-likeness (QED) is 0.762. The molecule has 1 atom stereocenters. The molecule has 1 unspecified atom stereocenters. The lowest BCUT2D eigenvalue weighted by molar-refractivity contribution is 0.103. The lowest BCUT2D eigenvalue weighted by Crippen LogP contribution is -2.22. The van der Waals surface area contributed by atoms with Crippen molar-refractivity contribution in [3.8, 4) is 11.5 Å². The molecular weight excluding hydrogens is 322 g/mol. The Labute approximate surface area is 144 Å². The summed E-state index contributed by atoms with van der Waals surface area (Å²) in [6.07, 6.45) is 1.18. The van der Waals surface area contributed by atoms with E-state index >= 15 is 0 Å². The van der Waals surface area contributed by atoms with E-state index in [9.17, 15) is 4.79 Å². The van der Waals surface area contributed by atoms with Gasteiger partial charge in [0.25, 0.3) is 0 Å². The van der Waals surface area contributed by atoms with Gasteiger partial charge in [0, 0.05) is 5.39 Å². The van der Waals surface area contributed by atoms with E-state index in [0.29, 0.717) is 24.7 Å². The van der Waals surface area contributed by atoms with Gasteiger partial charge in [-0.2, -0.15) is 5.10 Å². The highest BCUT2D eigenvalue weighted by atomic mass is 16.6. The Bertz CT molecular complexity index is 804. The minimum absolute atomic E-state index is 0.239. The number of hydrogen-bond acceptors (Lipinski definition) is 5. The van der Waals surface area contributed by atoms with Crippen LogP contribution in [0.25, 0.3) is 10.9 Å². The van der Waals surface area contributed by atoms with Gasteiger partial charge in [-0.1, -0.05) is 30.3 Å². The van der Waals surface area contributed by atoms with Crippen LogP contribution in [0.5, 0.6) is 11.5 Å². The smallest absolute Gasteiger partial charge is 0.407 e. The van der Waals surface area contributed by atoms with Crippen molar-refractivity contribution in [3.63, 3.8) is 0 Å². The first-order valence-corrected chi connectivity index (χ1v) is 7.84. The highest BCUT2D eigenvalue weighted by Crippen LogP contribution is 2.26. The van der Waals surface area contributed by atoms with Gasteiger partial charge in [-0.05, 0) is 18.2 Å². The van der Waals surface area contributed by atoms with Crippen LogP contribution in [-0.4, -0.2) is 42.7 Å². The summed E-state index contributed by atoms with van der Waals surface area (Å²) in [5, 5.41) is 10.5. The third kappa shape index (κ3) is 4.41. The van der Waals surface area contributed by atoms with Crippen LogP contribution in [0, 0.1) is 0 Å². The maximum atomic E-state index is 10.8. The number of nitrogens with zero attached hydrogens (tertiary/aromatic N) is 1. The molecule has 0 radical (unpaired) electrons. The molecule has 7 heteroatoms. The van der Waals surface area contributed by atoms with Crippen LogP contribution in [0.2, 0.25) is 0 Å². The number of methoxy groups -OCH3 is 1. The van der Waals surface area contributed by atoms with Gasteiger partial charge < -0.3 is 19.5 Å². The maximum absolute atomic E-state index is 10.8. The summed E-state index contributed by atoms with van der Waals surface area (Å²) in [4.78, 5) is 10.8. The molecule has 1 aliphatic heterocycles. The largest absolute Gasteiger partial charge is 0.493 e. The Balaban J connectivity index is 0.000000170. The van der Waals surface area contributed by atoms with Gasteiger partial charge in [0.2, 0.25) is 0 Å². The van der Waals surface area contributed by atoms with Gasteiger partial charge in [0.05, 0.1) is 25.4 Å². The minimum atomic E-state index is -0.395. The number of fused-ring (bicyclic) bond motifs is 1. The molecule has 0 spiro atoms. The van der Waals surface area contributed by atoms with E-state index < -0.39 is 6.09 Å². The number of ether oxygens (including phenoxy) is 3. The molecule has 1 aliphatic rings. The van der Waals surface area contributed by atoms with Crippen molar-refractivity contribution in [1.29, 1.82) is 0 Å². The Morgan fingerprint density at radius 3 is 2.64 bits per heavy atom. The van der Waals surface area contributed by atoms with E-state index in [4.69, 9.17) is 14.2 Å². The highest BCUT2D eigenvalue weighted by molar-refractivity contribution is 5.77. The Hall–Kier alpha value is -3.22. The van der Waals surface area contributed by atoms with Gasteiger partial charge in [-0.25, -0.2) is 4.79 Å². The van der Waals surface area contributed by atoms with Crippen LogP contribution in [0.1, 0.15) is 0 Å². The normalized spacial score (nSPS) is 15.7. The van der Waals surface area contributed by atoms with E-state index in [-0.39, 0.29) is 6.10 Å². The maximum Gasteiger partial charge on any atom is 0.407 e. The number of alkyl carbamates (subject to hydrolysis) is 1. The van der Waals surface area contributed by atoms with Crippen molar-refractivity contribution in [3.05, 3.63) is 54.7 Å². The molecule has 1 saturated heterocycles. The Morgan fingerprint density at radius 1 is 1.16 bits per heavy atom. The summed E-state index contributed by atoms with van der Waals surface area (Å²) in [5.41, 5.74) is 1.09. The molecule has 1 aromatic heterocycles. The number of rotatable bonds is 4. The fraction of sp³-hybridized carbons (Fsp3) is 0.222. The van der Waals surface area contributed by atoms with Crippen molar-refractivity contribution in [2.75, 3.05) is 20.3 Å². The summed E-state index contributed by atoms with van der Waals surface area (Å²) < 4.78 is 15.6. The summed E-state index contributed by atoms with van der Waals surface area (Å²) in [6, 6.07) is 15.4. The predicted molar refractivity (Wildman–Crippen MR) is 92.9 cm³/mol. The highest BCUT2D eigenvalue weighted by Gasteiger charge is 2.23. The molecule has 2 heterocycles. The monoisotopic (exact) mass is 341 g/mol. The van der Waals surface area contributed by atoms with Crippen LogP contribution in [0.3, 0.4) is 0 Å². The van der Waals surface area contributed by atoms with Crippen molar-refractivity contribution >= 4 is 17.0 Å². The molecule has 0 bridgehead atoms. The molecule has 2 aromatic carbocycles. The van der Waals surface area contributed by atoms with Gasteiger partial charge in [-0.3, -0.25) is 5.10 Å². The van der Waals surface area contributed by atoms with Gasteiger partial charge in [-0.15, -0.1) is 0 Å². The van der Waals surface area contributed by atoms with E-state index in [1.165, 1.54) is 0 Å². The van der Waals surface area contributed by atoms with Crippen molar-refractivity contribution in [1.82, 2.24) is 15.5 Å². The lowest BCUT2D eigenvalue weighted by atomic mass is 10.3. The zero-order valence-electron chi connectivity index (χ0n) is 13.8. The lowest BCUT2D eigenvalue weighted by Gasteiger charge is -2.12. The summed E-state index contributed by atoms with van der Waals surface area (Å²) >= 11 is 0. The number of benzene rings is 2. The third-order valence-corrected chi connectivity index (χ3v) is 3.59. The number of amides is 1. The summed E-state index contributed by atoms with van der Waals surface area (Å²) in [6.45, 7) is 0.799. The molecule has 25 heavy (non-hydrogen) atoms. The van der Waals surface area contributed by atoms with Crippen molar-refractivity contribution < 1.29 is 19.0 Å². The second-order valence-corrected chi connectivity index (χ2v) is 5.33. The first-order valence-electron chi connectivity index (χ1n) is 7.84. The van der Waals surface area contributed by atoms with Crippen molar-refractivity contribution in [2.45, 2.75) is 6.10 Å². The van der Waals surface area contributed by atoms with Crippen LogP contribution < -0.4 is 14.8 Å². The SMILES string of the molecule is COc1ccccc1OCC1CNC(=O)O1.c1ccc2[nH]ncc2c1. The molecule has 3 aromatic rings. The van der Waals surface area contributed by atoms with Gasteiger partial charge in [0.1, 0.15) is 6.61 Å². The molecule has 1 amide bonds. The fourth-order valence-electron chi connectivity index (χ4n) is 2.33. The number of nitrogens with one attached hydrogen (secondary N) is 2. The summed E-state index contributed by atoms with van der Waals surface area (Å²) in [5.74, 6) is 1.31. The Morgan fingerprint density at radius 2 is 1.92 bits per heavy atom. The number of cyclic esters (lactones) is 1. The molecule has 2 N–H and O–H groups in total. The number of aromatic amines is 1. The van der Waals surface area contributed by atoms with Crippen LogP contribution in [-0.2, 0) is 4.74 Å².